The minimum absolute atomic E-state index is 0.0257. The van der Waals surface area contributed by atoms with Crippen LogP contribution in [0.15, 0.2) is 24.3 Å². The van der Waals surface area contributed by atoms with E-state index in [0.717, 1.165) is 45.3 Å². The van der Waals surface area contributed by atoms with Crippen LogP contribution in [0.3, 0.4) is 0 Å². The molecule has 1 aliphatic heterocycles. The van der Waals surface area contributed by atoms with Crippen molar-refractivity contribution in [1.29, 1.82) is 0 Å². The fourth-order valence-corrected chi connectivity index (χ4v) is 6.51. The number of benzene rings is 1. The van der Waals surface area contributed by atoms with Gasteiger partial charge in [0.1, 0.15) is 22.7 Å². The predicted molar refractivity (Wildman–Crippen MR) is 142 cm³/mol. The highest BCUT2D eigenvalue weighted by Crippen LogP contribution is 2.52. The molecule has 3 fully saturated rings. The van der Waals surface area contributed by atoms with E-state index in [1.54, 1.807) is 11.8 Å². The second-order valence-corrected chi connectivity index (χ2v) is 12.3. The van der Waals surface area contributed by atoms with E-state index in [9.17, 15) is 9.59 Å². The van der Waals surface area contributed by atoms with Crippen LogP contribution in [0.25, 0.3) is 11.3 Å². The fraction of sp³-hybridized carbons (Fsp3) is 0.593. The molecule has 35 heavy (non-hydrogen) atoms. The Bertz CT molecular complexity index is 1110. The zero-order valence-corrected chi connectivity index (χ0v) is 23.1. The number of nitrogens with zero attached hydrogens (tertiary/aromatic N) is 3. The molecule has 7 nitrogen and oxygen atoms in total. The van der Waals surface area contributed by atoms with E-state index in [1.165, 1.54) is 19.3 Å². The summed E-state index contributed by atoms with van der Waals surface area (Å²) in [6.07, 6.45) is 5.46. The van der Waals surface area contributed by atoms with E-state index in [0.29, 0.717) is 24.9 Å². The molecule has 2 aliphatic carbocycles. The van der Waals surface area contributed by atoms with Crippen molar-refractivity contribution in [3.8, 4) is 17.0 Å². The second-order valence-electron chi connectivity index (χ2n) is 11.2. The molecule has 0 spiro atoms. The Morgan fingerprint density at radius 1 is 1.09 bits per heavy atom. The lowest BCUT2D eigenvalue weighted by atomic mass is 10.1. The third-order valence-electron chi connectivity index (χ3n) is 7.21. The van der Waals surface area contributed by atoms with Crippen LogP contribution in [-0.2, 0) is 4.74 Å². The number of hydrogen-bond donors (Lipinski definition) is 0. The number of fused-ring (bicyclic) bond motifs is 1. The molecule has 3 atom stereocenters. The quantitative estimate of drug-likeness (QED) is 0.310. The molecule has 188 valence electrons. The number of rotatable bonds is 5. The van der Waals surface area contributed by atoms with Gasteiger partial charge in [-0.2, -0.15) is 5.10 Å². The van der Waals surface area contributed by atoms with Gasteiger partial charge in [-0.3, -0.25) is 9.48 Å². The molecule has 2 aromatic rings. The molecular weight excluding hydrogens is 557 g/mol. The van der Waals surface area contributed by atoms with E-state index in [-0.39, 0.29) is 17.9 Å². The molecule has 1 amide bonds. The summed E-state index contributed by atoms with van der Waals surface area (Å²) in [4.78, 5) is 27.1. The highest BCUT2D eigenvalue weighted by molar-refractivity contribution is 14.1. The number of carbonyl (C=O) groups excluding carboxylic acids is 2. The summed E-state index contributed by atoms with van der Waals surface area (Å²) < 4.78 is 14.5. The van der Waals surface area contributed by atoms with E-state index in [4.69, 9.17) is 14.6 Å². The van der Waals surface area contributed by atoms with Gasteiger partial charge in [0.15, 0.2) is 5.78 Å². The number of aromatic nitrogens is 2. The van der Waals surface area contributed by atoms with Crippen molar-refractivity contribution in [3.05, 3.63) is 33.5 Å². The Hall–Kier alpha value is -2.10. The van der Waals surface area contributed by atoms with Crippen molar-refractivity contribution >= 4 is 34.5 Å². The van der Waals surface area contributed by atoms with Gasteiger partial charge in [0, 0.05) is 25.6 Å². The van der Waals surface area contributed by atoms with Crippen LogP contribution in [0.2, 0.25) is 0 Å². The molecule has 1 saturated heterocycles. The van der Waals surface area contributed by atoms with Gasteiger partial charge in [-0.05, 0) is 112 Å². The largest absolute Gasteiger partial charge is 0.490 e. The van der Waals surface area contributed by atoms with Crippen molar-refractivity contribution in [3.63, 3.8) is 0 Å². The van der Waals surface area contributed by atoms with Crippen LogP contribution >= 0.6 is 22.6 Å². The first-order chi connectivity index (χ1) is 16.6. The summed E-state index contributed by atoms with van der Waals surface area (Å²) in [5.41, 5.74) is 1.80. The Balaban J connectivity index is 1.35. The molecular formula is C27H34IN3O4. The van der Waals surface area contributed by atoms with Crippen LogP contribution in [0.1, 0.15) is 76.3 Å². The van der Waals surface area contributed by atoms with Gasteiger partial charge in [-0.15, -0.1) is 0 Å². The lowest BCUT2D eigenvalue weighted by molar-refractivity contribution is 0.0167. The average molecular weight is 591 g/mol. The molecule has 0 radical (unpaired) electrons. The van der Waals surface area contributed by atoms with Crippen LogP contribution < -0.4 is 4.74 Å². The van der Waals surface area contributed by atoms with Crippen LogP contribution in [-0.4, -0.2) is 51.4 Å². The van der Waals surface area contributed by atoms with Crippen molar-refractivity contribution in [2.75, 3.05) is 13.1 Å². The van der Waals surface area contributed by atoms with Gasteiger partial charge in [-0.25, -0.2) is 4.79 Å². The molecule has 2 heterocycles. The summed E-state index contributed by atoms with van der Waals surface area (Å²) >= 11 is 2.23. The number of ether oxygens (including phenoxy) is 2. The zero-order chi connectivity index (χ0) is 24.9. The smallest absolute Gasteiger partial charge is 0.410 e. The zero-order valence-electron chi connectivity index (χ0n) is 20.9. The molecule has 5 rings (SSSR count). The third-order valence-corrected chi connectivity index (χ3v) is 8.23. The maximum absolute atomic E-state index is 12.7. The molecule has 0 N–H and O–H groups in total. The van der Waals surface area contributed by atoms with Gasteiger partial charge in [0.25, 0.3) is 0 Å². The average Bonchev–Trinajstić information content (AvgIpc) is 3.24. The van der Waals surface area contributed by atoms with Gasteiger partial charge in [0.2, 0.25) is 0 Å². The number of ketones is 1. The van der Waals surface area contributed by atoms with Gasteiger partial charge in [0.05, 0.1) is 15.7 Å². The maximum Gasteiger partial charge on any atom is 0.410 e. The predicted octanol–water partition coefficient (Wildman–Crippen LogP) is 6.11. The summed E-state index contributed by atoms with van der Waals surface area (Å²) in [7, 11) is 0. The van der Waals surface area contributed by atoms with Crippen LogP contribution in [0, 0.1) is 15.4 Å². The maximum atomic E-state index is 12.7. The van der Waals surface area contributed by atoms with E-state index >= 15 is 0 Å². The summed E-state index contributed by atoms with van der Waals surface area (Å²) in [5.74, 6) is 2.64. The Morgan fingerprint density at radius 2 is 1.77 bits per heavy atom. The highest BCUT2D eigenvalue weighted by atomic mass is 127. The van der Waals surface area contributed by atoms with Gasteiger partial charge >= 0.3 is 6.09 Å². The number of likely N-dealkylation sites (tertiary alicyclic amines) is 1. The summed E-state index contributed by atoms with van der Waals surface area (Å²) in [6.45, 7) is 8.31. The van der Waals surface area contributed by atoms with Crippen molar-refractivity contribution in [1.82, 2.24) is 14.7 Å². The summed E-state index contributed by atoms with van der Waals surface area (Å²) in [5, 5.41) is 4.91. The SMILES string of the molecule is CC(=O)c1c(I)c(-c2ccc(OC3CC4CC4C3)cc2)nn1[C@@H]1CCCN(C(=O)OC(C)(C)C)C1. The monoisotopic (exact) mass is 591 g/mol. The minimum Gasteiger partial charge on any atom is -0.490 e. The number of carbonyl (C=O) groups is 2. The molecule has 3 aliphatic rings. The summed E-state index contributed by atoms with van der Waals surface area (Å²) in [6, 6.07) is 7.99. The third kappa shape index (κ3) is 5.37. The Morgan fingerprint density at radius 3 is 2.40 bits per heavy atom. The number of halogens is 1. The highest BCUT2D eigenvalue weighted by Gasteiger charge is 2.46. The van der Waals surface area contributed by atoms with Gasteiger partial charge in [-0.1, -0.05) is 0 Å². The number of hydrogen-bond acceptors (Lipinski definition) is 5. The molecule has 2 saturated carbocycles. The van der Waals surface area contributed by atoms with Gasteiger partial charge < -0.3 is 14.4 Å². The first-order valence-corrected chi connectivity index (χ1v) is 13.7. The number of Topliss-reactive ketones (excluding diaryl/α,β-unsaturated/α-hetero) is 1. The Kier molecular flexibility index (Phi) is 6.61. The lowest BCUT2D eigenvalue weighted by Crippen LogP contribution is -2.44. The van der Waals surface area contributed by atoms with E-state index in [2.05, 4.69) is 22.6 Å². The molecule has 2 unspecified atom stereocenters. The first-order valence-electron chi connectivity index (χ1n) is 12.6. The van der Waals surface area contributed by atoms with Crippen molar-refractivity contribution in [2.24, 2.45) is 11.8 Å². The molecule has 0 bridgehead atoms. The van der Waals surface area contributed by atoms with Crippen LogP contribution in [0.4, 0.5) is 4.79 Å². The second kappa shape index (κ2) is 9.41. The van der Waals surface area contributed by atoms with Crippen molar-refractivity contribution < 1.29 is 19.1 Å². The van der Waals surface area contributed by atoms with E-state index < -0.39 is 5.60 Å². The van der Waals surface area contributed by atoms with Crippen molar-refractivity contribution in [2.45, 2.75) is 77.5 Å². The lowest BCUT2D eigenvalue weighted by Gasteiger charge is -2.34. The molecule has 1 aromatic carbocycles. The number of amides is 1. The fourth-order valence-electron chi connectivity index (χ4n) is 5.46. The minimum atomic E-state index is -0.545. The van der Waals surface area contributed by atoms with E-state index in [1.807, 2.05) is 49.7 Å². The first kappa shape index (κ1) is 24.6. The molecule has 1 aromatic heterocycles. The van der Waals surface area contributed by atoms with Crippen LogP contribution in [0.5, 0.6) is 5.75 Å². The standard InChI is InChI=1S/C27H34IN3O4/c1-16(32)25-23(28)24(17-7-9-21(10-8-17)34-22-13-18-12-19(18)14-22)29-31(25)20-6-5-11-30(15-20)26(33)35-27(2,3)4/h7-10,18-20,22H,5-6,11-15H2,1-4H3/t18?,19?,20-,22?/m1/s1. The number of piperidine rings is 1. The topological polar surface area (TPSA) is 73.7 Å². The normalized spacial score (nSPS) is 25.8. The Labute approximate surface area is 220 Å². The molecule has 8 heteroatoms.